The second kappa shape index (κ2) is 4.99. The minimum atomic E-state index is -0.383. The molecule has 0 aromatic rings. The fourth-order valence-electron chi connectivity index (χ4n) is 0.396. The molecule has 1 atom stereocenters. The Kier molecular flexibility index (Phi) is 4.58. The van der Waals surface area contributed by atoms with Gasteiger partial charge in [0.2, 0.25) is 0 Å². The molecular weight excluding hydrogens is 132 g/mol. The van der Waals surface area contributed by atoms with Gasteiger partial charge in [0.25, 0.3) is 0 Å². The molecule has 0 bridgehead atoms. The number of hydrogen-bond acceptors (Lipinski definition) is 3. The molecule has 0 aliphatic carbocycles. The summed E-state index contributed by atoms with van der Waals surface area (Å²) >= 11 is 0. The van der Waals surface area contributed by atoms with E-state index in [1.54, 1.807) is 13.0 Å². The van der Waals surface area contributed by atoms with Gasteiger partial charge in [0.05, 0.1) is 12.4 Å². The molecule has 0 aromatic carbocycles. The minimum Gasteiger partial charge on any atom is -0.435 e. The highest BCUT2D eigenvalue weighted by atomic mass is 16.5. The maximum Gasteiger partial charge on any atom is 0.307 e. The second-order valence-corrected chi connectivity index (χ2v) is 2.07. The number of carbonyl (C=O) groups excluding carboxylic acids is 1. The first-order chi connectivity index (χ1) is 4.63. The molecule has 0 heterocycles. The van der Waals surface area contributed by atoms with Crippen LogP contribution in [0.25, 0.3) is 0 Å². The van der Waals surface area contributed by atoms with Crippen LogP contribution in [-0.2, 0) is 9.53 Å². The van der Waals surface area contributed by atoms with Crippen molar-refractivity contribution < 1.29 is 14.6 Å². The number of aliphatic hydroxyl groups excluding tert-OH is 1. The van der Waals surface area contributed by atoms with Crippen molar-refractivity contribution in [3.8, 4) is 0 Å². The third kappa shape index (κ3) is 7.17. The van der Waals surface area contributed by atoms with Gasteiger partial charge in [-0.3, -0.25) is 4.79 Å². The first-order valence-electron chi connectivity index (χ1n) is 3.13. The van der Waals surface area contributed by atoms with Crippen LogP contribution in [0.15, 0.2) is 12.3 Å². The van der Waals surface area contributed by atoms with Crippen molar-refractivity contribution in [1.82, 2.24) is 0 Å². The quantitative estimate of drug-likeness (QED) is 0.471. The van der Waals surface area contributed by atoms with Crippen LogP contribution in [0.1, 0.15) is 20.3 Å². The van der Waals surface area contributed by atoms with Crippen molar-refractivity contribution in [1.29, 1.82) is 0 Å². The SMILES string of the molecule is CC(=O)O/C=C/C[C@@H](C)O. The summed E-state index contributed by atoms with van der Waals surface area (Å²) in [5.41, 5.74) is 0. The lowest BCUT2D eigenvalue weighted by atomic mass is 10.3. The molecule has 0 fully saturated rings. The van der Waals surface area contributed by atoms with E-state index >= 15 is 0 Å². The second-order valence-electron chi connectivity index (χ2n) is 2.07. The van der Waals surface area contributed by atoms with Gasteiger partial charge in [0, 0.05) is 6.92 Å². The van der Waals surface area contributed by atoms with Crippen LogP contribution in [0.2, 0.25) is 0 Å². The van der Waals surface area contributed by atoms with Crippen molar-refractivity contribution in [2.45, 2.75) is 26.4 Å². The molecule has 0 aromatic heterocycles. The van der Waals surface area contributed by atoms with Gasteiger partial charge in [-0.25, -0.2) is 0 Å². The fourth-order valence-corrected chi connectivity index (χ4v) is 0.396. The zero-order valence-electron chi connectivity index (χ0n) is 6.20. The van der Waals surface area contributed by atoms with Crippen molar-refractivity contribution in [3.63, 3.8) is 0 Å². The molecule has 0 rings (SSSR count). The Morgan fingerprint density at radius 2 is 2.40 bits per heavy atom. The van der Waals surface area contributed by atoms with Crippen LogP contribution < -0.4 is 0 Å². The summed E-state index contributed by atoms with van der Waals surface area (Å²) in [6.07, 6.45) is 3.01. The summed E-state index contributed by atoms with van der Waals surface area (Å²) in [4.78, 5) is 10.2. The number of esters is 1. The fraction of sp³-hybridized carbons (Fsp3) is 0.571. The van der Waals surface area contributed by atoms with Gasteiger partial charge in [0.1, 0.15) is 0 Å². The highest BCUT2D eigenvalue weighted by Crippen LogP contribution is 1.90. The van der Waals surface area contributed by atoms with E-state index < -0.39 is 0 Å². The summed E-state index contributed by atoms with van der Waals surface area (Å²) in [5, 5.41) is 8.73. The molecule has 1 N–H and O–H groups in total. The third-order valence-electron chi connectivity index (χ3n) is 0.807. The van der Waals surface area contributed by atoms with Crippen LogP contribution in [-0.4, -0.2) is 17.2 Å². The van der Waals surface area contributed by atoms with Crippen molar-refractivity contribution in [2.24, 2.45) is 0 Å². The summed E-state index contributed by atoms with van der Waals surface area (Å²) in [6.45, 7) is 2.99. The van der Waals surface area contributed by atoms with Crippen LogP contribution in [0, 0.1) is 0 Å². The number of aliphatic hydroxyl groups is 1. The maximum atomic E-state index is 10.2. The monoisotopic (exact) mass is 144 g/mol. The predicted octanol–water partition coefficient (Wildman–Crippen LogP) is 0.834. The minimum absolute atomic E-state index is 0.346. The van der Waals surface area contributed by atoms with E-state index in [1.165, 1.54) is 13.2 Å². The Morgan fingerprint density at radius 1 is 1.80 bits per heavy atom. The zero-order valence-corrected chi connectivity index (χ0v) is 6.20. The first-order valence-corrected chi connectivity index (χ1v) is 3.13. The van der Waals surface area contributed by atoms with E-state index in [0.717, 1.165) is 0 Å². The van der Waals surface area contributed by atoms with E-state index in [-0.39, 0.29) is 12.1 Å². The van der Waals surface area contributed by atoms with Crippen molar-refractivity contribution >= 4 is 5.97 Å². The number of hydrogen-bond donors (Lipinski definition) is 1. The van der Waals surface area contributed by atoms with Crippen LogP contribution in [0.5, 0.6) is 0 Å². The van der Waals surface area contributed by atoms with Crippen LogP contribution in [0.4, 0.5) is 0 Å². The average Bonchev–Trinajstić information content (AvgIpc) is 1.79. The Bertz CT molecular complexity index is 127. The molecule has 10 heavy (non-hydrogen) atoms. The molecule has 0 amide bonds. The molecule has 0 aliphatic heterocycles. The predicted molar refractivity (Wildman–Crippen MR) is 37.2 cm³/mol. The Balaban J connectivity index is 3.29. The van der Waals surface area contributed by atoms with E-state index in [4.69, 9.17) is 5.11 Å². The van der Waals surface area contributed by atoms with Gasteiger partial charge in [-0.1, -0.05) is 0 Å². The Morgan fingerprint density at radius 3 is 2.80 bits per heavy atom. The molecule has 0 saturated carbocycles. The lowest BCUT2D eigenvalue weighted by Crippen LogP contribution is -1.96. The molecular formula is C7H12O3. The highest BCUT2D eigenvalue weighted by molar-refractivity contribution is 5.66. The van der Waals surface area contributed by atoms with Crippen molar-refractivity contribution in [3.05, 3.63) is 12.3 Å². The molecule has 0 unspecified atom stereocenters. The number of rotatable bonds is 3. The molecule has 0 saturated heterocycles. The molecule has 0 spiro atoms. The number of ether oxygens (including phenoxy) is 1. The third-order valence-corrected chi connectivity index (χ3v) is 0.807. The van der Waals surface area contributed by atoms with Crippen LogP contribution in [0.3, 0.4) is 0 Å². The molecule has 0 radical (unpaired) electrons. The van der Waals surface area contributed by atoms with E-state index in [9.17, 15) is 4.79 Å². The lowest BCUT2D eigenvalue weighted by molar-refractivity contribution is -0.135. The largest absolute Gasteiger partial charge is 0.435 e. The molecule has 58 valence electrons. The average molecular weight is 144 g/mol. The van der Waals surface area contributed by atoms with E-state index in [1.807, 2.05) is 0 Å². The van der Waals surface area contributed by atoms with Gasteiger partial charge in [-0.05, 0) is 19.4 Å². The Labute approximate surface area is 60.3 Å². The zero-order chi connectivity index (χ0) is 7.98. The van der Waals surface area contributed by atoms with E-state index in [0.29, 0.717) is 6.42 Å². The maximum absolute atomic E-state index is 10.2. The van der Waals surface area contributed by atoms with Gasteiger partial charge in [0.15, 0.2) is 0 Å². The lowest BCUT2D eigenvalue weighted by Gasteiger charge is -1.95. The Hall–Kier alpha value is -0.830. The number of carbonyl (C=O) groups is 1. The van der Waals surface area contributed by atoms with Gasteiger partial charge in [-0.2, -0.15) is 0 Å². The van der Waals surface area contributed by atoms with Gasteiger partial charge >= 0.3 is 5.97 Å². The molecule has 3 heteroatoms. The summed E-state index contributed by atoms with van der Waals surface area (Å²) in [7, 11) is 0. The highest BCUT2D eigenvalue weighted by Gasteiger charge is 1.89. The summed E-state index contributed by atoms with van der Waals surface area (Å²) in [5.74, 6) is -0.346. The van der Waals surface area contributed by atoms with Gasteiger partial charge < -0.3 is 9.84 Å². The van der Waals surface area contributed by atoms with Crippen molar-refractivity contribution in [2.75, 3.05) is 0 Å². The molecule has 3 nitrogen and oxygen atoms in total. The standard InChI is InChI=1S/C7H12O3/c1-6(8)4-3-5-10-7(2)9/h3,5-6,8H,4H2,1-2H3/b5-3+/t6-/m1/s1. The summed E-state index contributed by atoms with van der Waals surface area (Å²) < 4.78 is 4.46. The van der Waals surface area contributed by atoms with Gasteiger partial charge in [-0.15, -0.1) is 0 Å². The van der Waals surface area contributed by atoms with Crippen LogP contribution >= 0.6 is 0 Å². The summed E-state index contributed by atoms with van der Waals surface area (Å²) in [6, 6.07) is 0. The topological polar surface area (TPSA) is 46.5 Å². The first kappa shape index (κ1) is 9.17. The van der Waals surface area contributed by atoms with E-state index in [2.05, 4.69) is 4.74 Å². The normalized spacial score (nSPS) is 13.5. The smallest absolute Gasteiger partial charge is 0.307 e. The molecule has 0 aliphatic rings.